The third-order valence-corrected chi connectivity index (χ3v) is 7.67. The standard InChI is InChI=1S/C23H22N4O3/c1-21(2)22(3)12-13-23(21,19-18(22)25-16-6-4-5-7-17(16)26-19)20(28)24-14-8-10-15(11-9-14)27(29)30/h4-11H,12-13H2,1-3H3,(H,24,28). The number of nitro benzene ring substituents is 1. The summed E-state index contributed by atoms with van der Waals surface area (Å²) in [6, 6.07) is 13.7. The summed E-state index contributed by atoms with van der Waals surface area (Å²) in [4.78, 5) is 34.1. The SMILES string of the molecule is CC12CCC(C(=O)Nc3ccc([N+](=O)[O-])cc3)(c3nc4ccccc4nc31)C2(C)C. The van der Waals surface area contributed by atoms with Crippen molar-refractivity contribution in [3.8, 4) is 0 Å². The fourth-order valence-electron chi connectivity index (χ4n) is 5.45. The molecule has 7 nitrogen and oxygen atoms in total. The average molecular weight is 402 g/mol. The summed E-state index contributed by atoms with van der Waals surface area (Å²) in [5.41, 5.74) is 2.37. The number of amides is 1. The number of fused-ring (bicyclic) bond motifs is 6. The lowest BCUT2D eigenvalue weighted by Crippen LogP contribution is -2.48. The van der Waals surface area contributed by atoms with Gasteiger partial charge in [0.05, 0.1) is 32.8 Å². The van der Waals surface area contributed by atoms with Crippen LogP contribution in [0.3, 0.4) is 0 Å². The molecule has 5 rings (SSSR count). The van der Waals surface area contributed by atoms with E-state index in [2.05, 4.69) is 26.1 Å². The van der Waals surface area contributed by atoms with Crippen molar-refractivity contribution in [2.24, 2.45) is 5.41 Å². The van der Waals surface area contributed by atoms with Crippen LogP contribution >= 0.6 is 0 Å². The quantitative estimate of drug-likeness (QED) is 0.513. The molecule has 0 saturated heterocycles. The van der Waals surface area contributed by atoms with Gasteiger partial charge in [0.15, 0.2) is 0 Å². The van der Waals surface area contributed by atoms with Gasteiger partial charge < -0.3 is 5.32 Å². The Labute approximate surface area is 173 Å². The Hall–Kier alpha value is -3.35. The predicted molar refractivity (Wildman–Crippen MR) is 113 cm³/mol. The molecule has 152 valence electrons. The first kappa shape index (κ1) is 18.7. The van der Waals surface area contributed by atoms with E-state index in [1.165, 1.54) is 12.1 Å². The van der Waals surface area contributed by atoms with Crippen molar-refractivity contribution in [3.05, 3.63) is 70.0 Å². The molecule has 0 aliphatic heterocycles. The molecule has 1 heterocycles. The van der Waals surface area contributed by atoms with E-state index in [1.807, 2.05) is 24.3 Å². The second-order valence-electron chi connectivity index (χ2n) is 9.03. The van der Waals surface area contributed by atoms with E-state index in [0.717, 1.165) is 28.8 Å². The molecule has 2 aromatic carbocycles. The number of aromatic nitrogens is 2. The maximum absolute atomic E-state index is 13.8. The van der Waals surface area contributed by atoms with Crippen LogP contribution < -0.4 is 5.32 Å². The molecule has 0 radical (unpaired) electrons. The first-order valence-electron chi connectivity index (χ1n) is 10.0. The van der Waals surface area contributed by atoms with E-state index in [1.54, 1.807) is 12.1 Å². The van der Waals surface area contributed by atoms with Gasteiger partial charge in [-0.1, -0.05) is 32.9 Å². The van der Waals surface area contributed by atoms with Crippen LogP contribution in [0.15, 0.2) is 48.5 Å². The van der Waals surface area contributed by atoms with Crippen LogP contribution in [0.25, 0.3) is 11.0 Å². The van der Waals surface area contributed by atoms with Crippen LogP contribution in [0.2, 0.25) is 0 Å². The minimum atomic E-state index is -0.810. The van der Waals surface area contributed by atoms with Crippen molar-refractivity contribution in [1.82, 2.24) is 9.97 Å². The number of nitrogens with zero attached hydrogens (tertiary/aromatic N) is 3. The molecule has 7 heteroatoms. The number of carbonyl (C=O) groups is 1. The summed E-state index contributed by atoms with van der Waals surface area (Å²) in [5, 5.41) is 13.9. The minimum Gasteiger partial charge on any atom is -0.325 e. The lowest BCUT2D eigenvalue weighted by molar-refractivity contribution is -0.384. The van der Waals surface area contributed by atoms with Crippen LogP contribution in [0.4, 0.5) is 11.4 Å². The molecule has 0 spiro atoms. The second kappa shape index (κ2) is 5.84. The smallest absolute Gasteiger partial charge is 0.269 e. The molecule has 30 heavy (non-hydrogen) atoms. The number of non-ortho nitro benzene ring substituents is 1. The van der Waals surface area contributed by atoms with Crippen LogP contribution in [-0.4, -0.2) is 20.8 Å². The Bertz CT molecular complexity index is 1220. The molecule has 2 aliphatic rings. The maximum Gasteiger partial charge on any atom is 0.269 e. The third-order valence-electron chi connectivity index (χ3n) is 7.67. The number of nitrogens with one attached hydrogen (secondary N) is 1. The van der Waals surface area contributed by atoms with Gasteiger partial charge in [0.2, 0.25) is 5.91 Å². The normalized spacial score (nSPS) is 25.8. The Balaban J connectivity index is 1.63. The van der Waals surface area contributed by atoms with Gasteiger partial charge >= 0.3 is 0 Å². The van der Waals surface area contributed by atoms with Gasteiger partial charge in [0.25, 0.3) is 5.69 Å². The Morgan fingerprint density at radius 3 is 2.17 bits per heavy atom. The summed E-state index contributed by atoms with van der Waals surface area (Å²) in [6.45, 7) is 6.44. The van der Waals surface area contributed by atoms with Crippen LogP contribution in [0.1, 0.15) is 45.0 Å². The fraction of sp³-hybridized carbons (Fsp3) is 0.348. The topological polar surface area (TPSA) is 98.0 Å². The van der Waals surface area contributed by atoms with Crippen molar-refractivity contribution in [2.45, 2.75) is 44.4 Å². The van der Waals surface area contributed by atoms with E-state index >= 15 is 0 Å². The number of para-hydroxylation sites is 2. The lowest BCUT2D eigenvalue weighted by Gasteiger charge is -2.39. The highest BCUT2D eigenvalue weighted by Gasteiger charge is 2.73. The van der Waals surface area contributed by atoms with E-state index in [0.29, 0.717) is 12.1 Å². The number of hydrogen-bond acceptors (Lipinski definition) is 5. The van der Waals surface area contributed by atoms with Crippen molar-refractivity contribution in [3.63, 3.8) is 0 Å². The summed E-state index contributed by atoms with van der Waals surface area (Å²) >= 11 is 0. The Morgan fingerprint density at radius 2 is 1.57 bits per heavy atom. The molecule has 2 unspecified atom stereocenters. The van der Waals surface area contributed by atoms with Crippen LogP contribution in [0, 0.1) is 15.5 Å². The number of nitro groups is 1. The van der Waals surface area contributed by atoms with Gasteiger partial charge in [-0.25, -0.2) is 9.97 Å². The molecule has 1 amide bonds. The largest absolute Gasteiger partial charge is 0.325 e. The van der Waals surface area contributed by atoms with Gasteiger partial charge in [-0.2, -0.15) is 0 Å². The number of hydrogen-bond donors (Lipinski definition) is 1. The summed E-state index contributed by atoms with van der Waals surface area (Å²) < 4.78 is 0. The minimum absolute atomic E-state index is 0.0107. The first-order chi connectivity index (χ1) is 14.2. The molecule has 1 fully saturated rings. The van der Waals surface area contributed by atoms with Gasteiger partial charge in [0.1, 0.15) is 0 Å². The maximum atomic E-state index is 13.8. The monoisotopic (exact) mass is 402 g/mol. The zero-order valence-electron chi connectivity index (χ0n) is 17.1. The molecule has 2 bridgehead atoms. The summed E-state index contributed by atoms with van der Waals surface area (Å²) in [7, 11) is 0. The zero-order chi connectivity index (χ0) is 21.3. The predicted octanol–water partition coefficient (Wildman–Crippen LogP) is 4.51. The molecule has 3 aromatic rings. The molecule has 2 aliphatic carbocycles. The number of anilines is 1. The highest BCUT2D eigenvalue weighted by molar-refractivity contribution is 6.02. The third kappa shape index (κ3) is 2.12. The van der Waals surface area contributed by atoms with E-state index in [-0.39, 0.29) is 22.4 Å². The highest BCUT2D eigenvalue weighted by atomic mass is 16.6. The summed E-state index contributed by atoms with van der Waals surface area (Å²) in [5.74, 6) is -0.131. The average Bonchev–Trinajstić information content (AvgIpc) is 3.02. The van der Waals surface area contributed by atoms with E-state index in [4.69, 9.17) is 9.97 Å². The van der Waals surface area contributed by atoms with Gasteiger partial charge in [-0.15, -0.1) is 0 Å². The number of rotatable bonds is 3. The van der Waals surface area contributed by atoms with E-state index in [9.17, 15) is 14.9 Å². The van der Waals surface area contributed by atoms with Gasteiger partial charge in [-0.3, -0.25) is 14.9 Å². The van der Waals surface area contributed by atoms with Crippen molar-refractivity contribution < 1.29 is 9.72 Å². The lowest BCUT2D eigenvalue weighted by atomic mass is 9.63. The first-order valence-corrected chi connectivity index (χ1v) is 10.0. The molecule has 1 saturated carbocycles. The van der Waals surface area contributed by atoms with Crippen LogP contribution in [-0.2, 0) is 15.6 Å². The molecular formula is C23H22N4O3. The van der Waals surface area contributed by atoms with Crippen molar-refractivity contribution in [1.29, 1.82) is 0 Å². The molecule has 2 atom stereocenters. The Kier molecular flexibility index (Phi) is 3.63. The van der Waals surface area contributed by atoms with E-state index < -0.39 is 10.3 Å². The Morgan fingerprint density at radius 1 is 0.967 bits per heavy atom. The van der Waals surface area contributed by atoms with Gasteiger partial charge in [0, 0.05) is 23.2 Å². The second-order valence-corrected chi connectivity index (χ2v) is 9.03. The van der Waals surface area contributed by atoms with Crippen molar-refractivity contribution in [2.75, 3.05) is 5.32 Å². The van der Waals surface area contributed by atoms with Gasteiger partial charge in [-0.05, 0) is 42.5 Å². The fourth-order valence-corrected chi connectivity index (χ4v) is 5.45. The van der Waals surface area contributed by atoms with Crippen molar-refractivity contribution >= 4 is 28.3 Å². The van der Waals surface area contributed by atoms with Crippen LogP contribution in [0.5, 0.6) is 0 Å². The number of carbonyl (C=O) groups excluding carboxylic acids is 1. The molecule has 1 N–H and O–H groups in total. The molecular weight excluding hydrogens is 380 g/mol. The summed E-state index contributed by atoms with van der Waals surface area (Å²) in [6.07, 6.45) is 1.54. The molecule has 1 aromatic heterocycles. The highest BCUT2D eigenvalue weighted by Crippen LogP contribution is 2.70. The number of benzene rings is 2. The zero-order valence-corrected chi connectivity index (χ0v) is 17.1.